The second kappa shape index (κ2) is 44.6. The van der Waals surface area contributed by atoms with Crippen molar-refractivity contribution in [3.8, 4) is 67.5 Å². The van der Waals surface area contributed by atoms with E-state index in [0.29, 0.717) is 65.6 Å². The number of amides is 2. The quantitative estimate of drug-likeness (QED) is 0.0253. The fourth-order valence-electron chi connectivity index (χ4n) is 18.4. The number of hydrogen-bond acceptors (Lipinski definition) is 20. The molecule has 734 valence electrons. The first-order chi connectivity index (χ1) is 65.2. The number of ether oxygens (including phenoxy) is 12. The molecule has 4 unspecified atom stereocenters. The van der Waals surface area contributed by atoms with Crippen LogP contribution < -0.4 is 46.7 Å². The summed E-state index contributed by atoms with van der Waals surface area (Å²) in [6.45, 7) is 42.3. The Morgan fingerprint density at radius 3 is 1.12 bits per heavy atom. The zero-order chi connectivity index (χ0) is 100. The molecule has 0 bridgehead atoms. The largest absolute Gasteiger partial charge is 0.493 e. The molecule has 0 aliphatic carbocycles. The molecule has 0 saturated heterocycles. The van der Waals surface area contributed by atoms with E-state index < -0.39 is 70.7 Å². The number of urea groups is 1. The van der Waals surface area contributed by atoms with Crippen LogP contribution in [0.3, 0.4) is 0 Å². The van der Waals surface area contributed by atoms with Crippen LogP contribution in [0.2, 0.25) is 0 Å². The summed E-state index contributed by atoms with van der Waals surface area (Å²) < 4.78 is 72.4. The van der Waals surface area contributed by atoms with Crippen LogP contribution in [0.1, 0.15) is 233 Å². The number of aromatic nitrogens is 2. The average Bonchev–Trinajstić information content (AvgIpc) is 1.55. The summed E-state index contributed by atoms with van der Waals surface area (Å²) in [5.41, 5.74) is 37.3. The number of rotatable bonds is 21. The number of aromatic amines is 1. The molecule has 5 heterocycles. The van der Waals surface area contributed by atoms with Crippen molar-refractivity contribution in [2.24, 2.45) is 0 Å². The number of carbonyl (C=O) groups is 5. The van der Waals surface area contributed by atoms with Gasteiger partial charge in [0.05, 0.1) is 101 Å². The van der Waals surface area contributed by atoms with Crippen LogP contribution in [0.4, 0.5) is 21.9 Å². The molecule has 0 spiro atoms. The Bertz CT molecular complexity index is 6410. The molecule has 0 fully saturated rings. The number of hydrogen-bond donors (Lipinski definition) is 5. The lowest BCUT2D eigenvalue weighted by Crippen LogP contribution is -2.31. The van der Waals surface area contributed by atoms with E-state index in [1.165, 1.54) is 39.6 Å². The average molecular weight is 2010 g/mol. The number of nitrogen functional groups attached to an aromatic ring is 2. The maximum absolute atomic E-state index is 13.4. The normalized spacial score (nSPS) is 14.2. The summed E-state index contributed by atoms with van der Waals surface area (Å²) in [5, 5.41) is 5.92. The number of nitrogens with one attached hydrogen (secondary N) is 3. The van der Waals surface area contributed by atoms with Crippen molar-refractivity contribution in [2.45, 2.75) is 250 Å². The van der Waals surface area contributed by atoms with E-state index in [4.69, 9.17) is 68.3 Å². The second-order valence-corrected chi connectivity index (χ2v) is 41.0. The molecule has 4 aliphatic heterocycles. The van der Waals surface area contributed by atoms with Crippen LogP contribution in [0.15, 0.2) is 153 Å². The van der Waals surface area contributed by atoms with Crippen LogP contribution in [0.25, 0.3) is 55.5 Å². The molecular weight excluding hydrogens is 1880 g/mol. The van der Waals surface area contributed by atoms with Gasteiger partial charge < -0.3 is 83.9 Å². The smallest absolute Gasteiger partial charge is 0.339 e. The molecule has 10 aromatic carbocycles. The summed E-state index contributed by atoms with van der Waals surface area (Å²) in [6.07, 6.45) is 3.89. The van der Waals surface area contributed by atoms with Gasteiger partial charge in [0.25, 0.3) is 0 Å². The third-order valence-corrected chi connectivity index (χ3v) is 26.7. The summed E-state index contributed by atoms with van der Waals surface area (Å²) in [5.74, 6) is 1.75. The van der Waals surface area contributed by atoms with Gasteiger partial charge in [0, 0.05) is 49.1 Å². The van der Waals surface area contributed by atoms with Crippen molar-refractivity contribution in [3.63, 3.8) is 0 Å². The predicted octanol–water partition coefficient (Wildman–Crippen LogP) is 24.0. The third-order valence-electron chi connectivity index (χ3n) is 24.7. The number of methoxy groups -OCH3 is 4. The highest BCUT2D eigenvalue weighted by atomic mass is 79.9. The van der Waals surface area contributed by atoms with Crippen LogP contribution >= 0.6 is 31.9 Å². The number of esters is 4. The number of benzene rings is 10. The highest BCUT2D eigenvalue weighted by molar-refractivity contribution is 9.11. The first kappa shape index (κ1) is 105. The van der Waals surface area contributed by atoms with E-state index in [-0.39, 0.29) is 11.7 Å². The summed E-state index contributed by atoms with van der Waals surface area (Å²) in [6, 6.07) is 45.9. The lowest BCUT2D eigenvalue weighted by molar-refractivity contribution is -0.164. The maximum Gasteiger partial charge on any atom is 0.339 e. The summed E-state index contributed by atoms with van der Waals surface area (Å²) >= 11 is 7.40. The summed E-state index contributed by atoms with van der Waals surface area (Å²) in [7, 11) is 5.48. The van der Waals surface area contributed by atoms with Crippen molar-refractivity contribution >= 4 is 89.9 Å². The van der Waals surface area contributed by atoms with Gasteiger partial charge in [-0.05, 0) is 399 Å². The highest BCUT2D eigenvalue weighted by Gasteiger charge is 2.41. The number of H-pyrrole nitrogens is 1. The monoisotopic (exact) mass is 2010 g/mol. The van der Waals surface area contributed by atoms with E-state index in [9.17, 15) is 28.8 Å². The molecule has 11 aromatic rings. The molecule has 2 amide bonds. The number of carbonyl (C=O) groups excluding carboxylic acids is 5. The number of anilines is 3. The van der Waals surface area contributed by atoms with Gasteiger partial charge in [0.15, 0.2) is 24.4 Å². The Morgan fingerprint density at radius 2 is 0.746 bits per heavy atom. The molecule has 7 N–H and O–H groups in total. The van der Waals surface area contributed by atoms with E-state index in [0.717, 1.165) is 219 Å². The van der Waals surface area contributed by atoms with Crippen molar-refractivity contribution in [1.82, 2.24) is 14.9 Å². The molecule has 0 radical (unpaired) electrons. The van der Waals surface area contributed by atoms with Gasteiger partial charge in [-0.1, -0.05) is 84.9 Å². The number of halogens is 2. The number of aryl methyl sites for hydroxylation is 7. The second-order valence-electron chi connectivity index (χ2n) is 39.4. The van der Waals surface area contributed by atoms with Crippen molar-refractivity contribution in [1.29, 1.82) is 0 Å². The molecule has 26 heteroatoms. The Labute approximate surface area is 828 Å². The first-order valence-electron chi connectivity index (χ1n) is 47.0. The van der Waals surface area contributed by atoms with Gasteiger partial charge in [-0.15, -0.1) is 0 Å². The van der Waals surface area contributed by atoms with Gasteiger partial charge in [-0.25, -0.2) is 28.8 Å². The number of imidazole rings is 1. The van der Waals surface area contributed by atoms with Gasteiger partial charge >= 0.3 is 35.6 Å². The van der Waals surface area contributed by atoms with Crippen LogP contribution in [0, 0.1) is 55.4 Å². The molecule has 15 rings (SSSR count). The molecule has 0 saturated carbocycles. The van der Waals surface area contributed by atoms with Gasteiger partial charge in [0.2, 0.25) is 0 Å². The number of nitrogens with two attached hydrogens (primary N) is 2. The Hall–Kier alpha value is -11.8. The lowest BCUT2D eigenvalue weighted by Gasteiger charge is -2.31. The van der Waals surface area contributed by atoms with Gasteiger partial charge in [-0.2, -0.15) is 0 Å². The molecule has 4 atom stereocenters. The van der Waals surface area contributed by atoms with E-state index in [2.05, 4.69) is 71.7 Å². The Kier molecular flexibility index (Phi) is 33.9. The Balaban J connectivity index is 0.000000167. The predicted molar refractivity (Wildman–Crippen MR) is 551 cm³/mol. The third kappa shape index (κ3) is 24.5. The summed E-state index contributed by atoms with van der Waals surface area (Å²) in [4.78, 5) is 81.6. The van der Waals surface area contributed by atoms with Crippen molar-refractivity contribution in [2.75, 3.05) is 71.7 Å². The molecule has 138 heavy (non-hydrogen) atoms. The lowest BCUT2D eigenvalue weighted by atomic mass is 9.86. The molecular formula is C112H134Br2N6O18. The van der Waals surface area contributed by atoms with E-state index >= 15 is 0 Å². The first-order valence-corrected chi connectivity index (χ1v) is 48.6. The van der Waals surface area contributed by atoms with E-state index in [1.807, 2.05) is 254 Å². The molecule has 4 aliphatic rings. The fraction of sp³-hybridized carbons (Fsp3) is 0.411. The fourth-order valence-corrected chi connectivity index (χ4v) is 19.4. The zero-order valence-electron chi connectivity index (χ0n) is 84.2. The van der Waals surface area contributed by atoms with Crippen LogP contribution in [0.5, 0.6) is 23.0 Å². The minimum atomic E-state index is -1.02. The topological polar surface area (TPSA) is 310 Å². The van der Waals surface area contributed by atoms with Crippen molar-refractivity contribution < 1.29 is 80.8 Å². The maximum atomic E-state index is 13.4. The van der Waals surface area contributed by atoms with Crippen LogP contribution in [-0.2, 0) is 95.8 Å². The standard InChI is InChI=1S/C32H37BrN2O5.C32H36N2O5.C24H30BrNO4.C24H31NO4/c1-19-25(23-14-15-24-22(17-23)13-10-16-39-24)26(29(30(36)38-6)40-32(3,4)5)20(2)28(27(19)33)35-31(37)34-18-21-11-8-7-9-12-21;1-19-26(29(30(35)37-6)39-32(3,4)5)25(23-14-15-24-22(17-23)13-10-16-38-24)20(2)28-27(19)33-31(36)34(28)18-21-11-8-7-9-12-21;1-13-18(16-9-10-17-15(12-16)8-7-11-29-17)19(14(2)21(26)20(13)25)22(23(27)28-6)30-24(3,4)5;1-14-12-18(25)15(2)21(22(23(26)27-6)29-24(3,4)5)20(14)17-9-10-19-16(13-17)8-7-11-28-19/h7-9,11-12,14-15,17,29H,10,13,16,18H2,1-6H3,(H2,34,35,37);7-9,11-12,14-15,17,29H,10,13,16,18H2,1-6H3,(H,33,36);9-10,12,22H,7-8,11,26H2,1-6H3;9-10,12-13,22H,7-8,11,25H2,1-6H3. The van der Waals surface area contributed by atoms with Gasteiger partial charge in [0.1, 0.15) is 23.0 Å². The Morgan fingerprint density at radius 1 is 0.413 bits per heavy atom. The minimum absolute atomic E-state index is 0.201. The molecule has 1 aromatic heterocycles. The number of fused-ring (bicyclic) bond motifs is 5. The van der Waals surface area contributed by atoms with Crippen LogP contribution in [-0.4, -0.2) is 117 Å². The van der Waals surface area contributed by atoms with Gasteiger partial charge in [-0.3, -0.25) is 4.57 Å². The number of nitrogens with zero attached hydrogens (tertiary/aromatic N) is 1. The minimum Gasteiger partial charge on any atom is -0.493 e. The van der Waals surface area contributed by atoms with Crippen molar-refractivity contribution in [3.05, 3.63) is 259 Å². The highest BCUT2D eigenvalue weighted by Crippen LogP contribution is 2.51. The van der Waals surface area contributed by atoms with E-state index in [1.54, 1.807) is 4.57 Å². The molecule has 24 nitrogen and oxygen atoms in total. The SMILES string of the molecule is COC(=O)C(OC(C)(C)C)c1c(-c2ccc3c(c2)CCCO3)c(C)c2c([nH]c(=O)n2Cc2ccccc2)c1C.COC(=O)C(OC(C)(C)C)c1c(C)c(N)c(Br)c(C)c1-c1ccc2c(c1)CCCO2.COC(=O)C(OC(C)(C)C)c1c(C)c(N)cc(C)c1-c1ccc2c(c1)CCCO2.COC(=O)C(OC(C)(C)C)c1c(C)c(NC(=O)NCc2ccccc2)c(Br)c(C)c1-c1ccc2c(c1)CCCO2. The zero-order valence-corrected chi connectivity index (χ0v) is 87.4.